The van der Waals surface area contributed by atoms with E-state index in [0.29, 0.717) is 18.9 Å². The SMILES string of the molecule is Cn1nc(C2CC2)c2cc(-c3cccc4c3NCCC(=O)N4)ccc21. The molecule has 1 amide bonds. The molecule has 0 radical (unpaired) electrons. The van der Waals surface area contributed by atoms with Crippen LogP contribution in [-0.2, 0) is 11.8 Å². The molecule has 1 saturated carbocycles. The number of fused-ring (bicyclic) bond motifs is 2. The second-order valence-electron chi connectivity index (χ2n) is 6.97. The van der Waals surface area contributed by atoms with Gasteiger partial charge in [-0.25, -0.2) is 0 Å². The Bertz CT molecular complexity index is 1000. The van der Waals surface area contributed by atoms with Gasteiger partial charge in [-0.2, -0.15) is 5.10 Å². The molecule has 1 fully saturated rings. The van der Waals surface area contributed by atoms with Crippen LogP contribution >= 0.6 is 0 Å². The summed E-state index contributed by atoms with van der Waals surface area (Å²) in [5.74, 6) is 0.673. The molecule has 5 heteroatoms. The van der Waals surface area contributed by atoms with E-state index >= 15 is 0 Å². The van der Waals surface area contributed by atoms with Crippen LogP contribution in [0.1, 0.15) is 30.9 Å². The lowest BCUT2D eigenvalue weighted by Gasteiger charge is -2.14. The van der Waals surface area contributed by atoms with Crippen molar-refractivity contribution in [3.05, 3.63) is 42.1 Å². The first-order valence-electron chi connectivity index (χ1n) is 8.84. The maximum absolute atomic E-state index is 11.8. The summed E-state index contributed by atoms with van der Waals surface area (Å²) in [6.45, 7) is 0.651. The smallest absolute Gasteiger partial charge is 0.226 e. The number of nitrogens with one attached hydrogen (secondary N) is 2. The molecule has 25 heavy (non-hydrogen) atoms. The Kier molecular flexibility index (Phi) is 3.10. The number of carbonyl (C=O) groups excluding carboxylic acids is 1. The first-order chi connectivity index (χ1) is 12.2. The Morgan fingerprint density at radius 2 is 2.08 bits per heavy atom. The number of amides is 1. The Balaban J connectivity index is 1.68. The van der Waals surface area contributed by atoms with Gasteiger partial charge in [0.25, 0.3) is 0 Å². The number of para-hydroxylation sites is 1. The third kappa shape index (κ3) is 2.38. The van der Waals surface area contributed by atoms with Crippen molar-refractivity contribution in [2.24, 2.45) is 7.05 Å². The molecule has 0 spiro atoms. The highest BCUT2D eigenvalue weighted by atomic mass is 16.1. The van der Waals surface area contributed by atoms with Gasteiger partial charge in [-0.1, -0.05) is 18.2 Å². The van der Waals surface area contributed by atoms with Crippen molar-refractivity contribution in [1.82, 2.24) is 9.78 Å². The van der Waals surface area contributed by atoms with Gasteiger partial charge in [0, 0.05) is 36.9 Å². The van der Waals surface area contributed by atoms with E-state index in [0.717, 1.165) is 22.5 Å². The summed E-state index contributed by atoms with van der Waals surface area (Å²) in [4.78, 5) is 11.8. The van der Waals surface area contributed by atoms with E-state index in [9.17, 15) is 4.79 Å². The highest BCUT2D eigenvalue weighted by molar-refractivity contribution is 6.00. The highest BCUT2D eigenvalue weighted by Gasteiger charge is 2.29. The maximum atomic E-state index is 11.8. The zero-order valence-electron chi connectivity index (χ0n) is 14.2. The van der Waals surface area contributed by atoms with E-state index < -0.39 is 0 Å². The van der Waals surface area contributed by atoms with E-state index in [2.05, 4.69) is 34.9 Å². The topological polar surface area (TPSA) is 59.0 Å². The number of rotatable bonds is 2. The van der Waals surface area contributed by atoms with Gasteiger partial charge in [-0.3, -0.25) is 9.48 Å². The van der Waals surface area contributed by atoms with Crippen molar-refractivity contribution >= 4 is 28.2 Å². The number of hydrogen-bond acceptors (Lipinski definition) is 3. The summed E-state index contributed by atoms with van der Waals surface area (Å²) >= 11 is 0. The zero-order valence-corrected chi connectivity index (χ0v) is 14.2. The van der Waals surface area contributed by atoms with Gasteiger partial charge >= 0.3 is 0 Å². The minimum Gasteiger partial charge on any atom is -0.382 e. The average Bonchev–Trinajstić information content (AvgIpc) is 3.42. The minimum absolute atomic E-state index is 0.0575. The molecule has 126 valence electrons. The maximum Gasteiger partial charge on any atom is 0.226 e. The van der Waals surface area contributed by atoms with Gasteiger partial charge in [0.15, 0.2) is 0 Å². The predicted molar refractivity (Wildman–Crippen MR) is 99.9 cm³/mol. The molecular formula is C20H20N4O. The number of anilines is 2. The summed E-state index contributed by atoms with van der Waals surface area (Å²) in [5, 5.41) is 12.4. The van der Waals surface area contributed by atoms with Gasteiger partial charge < -0.3 is 10.6 Å². The summed E-state index contributed by atoms with van der Waals surface area (Å²) in [7, 11) is 2.01. The minimum atomic E-state index is 0.0575. The normalized spacial score (nSPS) is 16.9. The molecule has 3 aromatic rings. The van der Waals surface area contributed by atoms with Crippen LogP contribution in [-0.4, -0.2) is 22.2 Å². The van der Waals surface area contributed by atoms with Crippen molar-refractivity contribution in [2.45, 2.75) is 25.2 Å². The van der Waals surface area contributed by atoms with E-state index in [4.69, 9.17) is 5.10 Å². The molecule has 0 saturated heterocycles. The summed E-state index contributed by atoms with van der Waals surface area (Å²) < 4.78 is 1.98. The molecule has 2 aliphatic rings. The highest BCUT2D eigenvalue weighted by Crippen LogP contribution is 2.44. The van der Waals surface area contributed by atoms with Gasteiger partial charge in [0.2, 0.25) is 5.91 Å². The molecule has 0 bridgehead atoms. The lowest BCUT2D eigenvalue weighted by atomic mass is 9.99. The van der Waals surface area contributed by atoms with Crippen molar-refractivity contribution in [2.75, 3.05) is 17.2 Å². The van der Waals surface area contributed by atoms with Crippen molar-refractivity contribution in [3.63, 3.8) is 0 Å². The average molecular weight is 332 g/mol. The summed E-state index contributed by atoms with van der Waals surface area (Å²) in [6, 6.07) is 12.6. The van der Waals surface area contributed by atoms with Crippen LogP contribution in [0.2, 0.25) is 0 Å². The fourth-order valence-electron chi connectivity index (χ4n) is 3.72. The second-order valence-corrected chi connectivity index (χ2v) is 6.97. The van der Waals surface area contributed by atoms with E-state index in [1.807, 2.05) is 23.9 Å². The number of nitrogens with zero attached hydrogens (tertiary/aromatic N) is 2. The Labute approximate surface area is 146 Å². The van der Waals surface area contributed by atoms with Crippen LogP contribution in [0, 0.1) is 0 Å². The van der Waals surface area contributed by atoms with Crippen LogP contribution < -0.4 is 10.6 Å². The van der Waals surface area contributed by atoms with Crippen LogP contribution in [0.5, 0.6) is 0 Å². The molecule has 5 rings (SSSR count). The Morgan fingerprint density at radius 3 is 2.92 bits per heavy atom. The predicted octanol–water partition coefficient (Wildman–Crippen LogP) is 3.87. The number of aryl methyl sites for hydroxylation is 1. The molecule has 0 atom stereocenters. The fourth-order valence-corrected chi connectivity index (χ4v) is 3.72. The number of aromatic nitrogens is 2. The van der Waals surface area contributed by atoms with Crippen molar-refractivity contribution in [1.29, 1.82) is 0 Å². The first kappa shape index (κ1) is 14.5. The second kappa shape index (κ2) is 5.34. The monoisotopic (exact) mass is 332 g/mol. The molecule has 2 heterocycles. The third-order valence-corrected chi connectivity index (χ3v) is 5.15. The Hall–Kier alpha value is -2.82. The van der Waals surface area contributed by atoms with E-state index in [1.165, 1.54) is 29.4 Å². The van der Waals surface area contributed by atoms with E-state index in [1.54, 1.807) is 0 Å². The number of benzene rings is 2. The van der Waals surface area contributed by atoms with Crippen LogP contribution in [0.15, 0.2) is 36.4 Å². The summed E-state index contributed by atoms with van der Waals surface area (Å²) in [6.07, 6.45) is 2.97. The quantitative estimate of drug-likeness (QED) is 0.749. The molecule has 5 nitrogen and oxygen atoms in total. The summed E-state index contributed by atoms with van der Waals surface area (Å²) in [5.41, 5.74) is 6.53. The van der Waals surface area contributed by atoms with Crippen LogP contribution in [0.25, 0.3) is 22.0 Å². The molecule has 2 aromatic carbocycles. The molecule has 1 aliphatic heterocycles. The van der Waals surface area contributed by atoms with Gasteiger partial charge in [0.1, 0.15) is 0 Å². The first-order valence-corrected chi connectivity index (χ1v) is 8.84. The van der Waals surface area contributed by atoms with Crippen LogP contribution in [0.3, 0.4) is 0 Å². The zero-order chi connectivity index (χ0) is 17.0. The largest absolute Gasteiger partial charge is 0.382 e. The third-order valence-electron chi connectivity index (χ3n) is 5.15. The fraction of sp³-hybridized carbons (Fsp3) is 0.300. The van der Waals surface area contributed by atoms with Crippen LogP contribution in [0.4, 0.5) is 11.4 Å². The Morgan fingerprint density at radius 1 is 1.20 bits per heavy atom. The standard InChI is InChI=1S/C20H20N4O/c1-24-17-8-7-13(11-15(17)19(23-24)12-5-6-12)14-3-2-4-16-20(14)21-10-9-18(25)22-16/h2-4,7-8,11-12,21H,5-6,9-10H2,1H3,(H,22,25). The molecule has 1 aliphatic carbocycles. The van der Waals surface area contributed by atoms with Gasteiger partial charge in [0.05, 0.1) is 22.6 Å². The lowest BCUT2D eigenvalue weighted by molar-refractivity contribution is -0.115. The lowest BCUT2D eigenvalue weighted by Crippen LogP contribution is -2.10. The van der Waals surface area contributed by atoms with Crippen molar-refractivity contribution in [3.8, 4) is 11.1 Å². The van der Waals surface area contributed by atoms with E-state index in [-0.39, 0.29) is 5.91 Å². The molecule has 2 N–H and O–H groups in total. The molecule has 1 aromatic heterocycles. The number of hydrogen-bond donors (Lipinski definition) is 2. The van der Waals surface area contributed by atoms with Gasteiger partial charge in [-0.05, 0) is 36.6 Å². The van der Waals surface area contributed by atoms with Gasteiger partial charge in [-0.15, -0.1) is 0 Å². The van der Waals surface area contributed by atoms with Crippen molar-refractivity contribution < 1.29 is 4.79 Å². The molecule has 0 unspecified atom stereocenters. The molecular weight excluding hydrogens is 312 g/mol. The number of carbonyl (C=O) groups is 1.